The zero-order chi connectivity index (χ0) is 29.4. The third kappa shape index (κ3) is 14.8. The van der Waals surface area contributed by atoms with Crippen molar-refractivity contribution in [2.24, 2.45) is 0 Å². The summed E-state index contributed by atoms with van der Waals surface area (Å²) in [5.41, 5.74) is 0. The van der Waals surface area contributed by atoms with Crippen molar-refractivity contribution >= 4 is 32.2 Å². The van der Waals surface area contributed by atoms with Crippen molar-refractivity contribution in [1.29, 1.82) is 0 Å². The van der Waals surface area contributed by atoms with E-state index in [9.17, 15) is 19.2 Å². The van der Waals surface area contributed by atoms with Gasteiger partial charge in [0.1, 0.15) is 12.7 Å². The lowest BCUT2D eigenvalue weighted by atomic mass is 9.98. The molecule has 11 heteroatoms. The van der Waals surface area contributed by atoms with Gasteiger partial charge in [0.2, 0.25) is 0 Å². The summed E-state index contributed by atoms with van der Waals surface area (Å²) in [6.45, 7) is 10.9. The minimum atomic E-state index is -2.34. The molecule has 0 bridgehead atoms. The van der Waals surface area contributed by atoms with Crippen molar-refractivity contribution in [3.05, 3.63) is 0 Å². The van der Waals surface area contributed by atoms with Gasteiger partial charge in [0.05, 0.1) is 0 Å². The smallest absolute Gasteiger partial charge is 0.303 e. The molecule has 1 aliphatic heterocycles. The highest BCUT2D eigenvalue weighted by molar-refractivity contribution is 6.71. The summed E-state index contributed by atoms with van der Waals surface area (Å²) in [4.78, 5) is 47.4. The minimum absolute atomic E-state index is 0.266. The molecule has 0 saturated carbocycles. The van der Waals surface area contributed by atoms with E-state index >= 15 is 0 Å². The van der Waals surface area contributed by atoms with E-state index in [1.165, 1.54) is 79.1 Å². The van der Waals surface area contributed by atoms with Gasteiger partial charge in [0, 0.05) is 27.7 Å². The number of carbonyl (C=O) groups is 4. The lowest BCUT2D eigenvalue weighted by molar-refractivity contribution is -0.291. The van der Waals surface area contributed by atoms with Crippen molar-refractivity contribution < 1.29 is 47.3 Å². The highest BCUT2D eigenvalue weighted by atomic mass is 28.4. The first-order valence-corrected chi connectivity index (χ1v) is 17.5. The molecule has 0 spiro atoms. The van der Waals surface area contributed by atoms with Gasteiger partial charge in [-0.1, -0.05) is 71.1 Å². The fourth-order valence-corrected chi connectivity index (χ4v) is 6.73. The Balaban J connectivity index is 2.90. The van der Waals surface area contributed by atoms with Crippen molar-refractivity contribution in [2.75, 3.05) is 6.61 Å². The average molecular weight is 575 g/mol. The maximum atomic E-state index is 12.0. The predicted octanol–water partition coefficient (Wildman–Crippen LogP) is 5.21. The van der Waals surface area contributed by atoms with E-state index < -0.39 is 62.9 Å². The molecule has 0 N–H and O–H groups in total. The Morgan fingerprint density at radius 3 is 1.59 bits per heavy atom. The van der Waals surface area contributed by atoms with Crippen LogP contribution in [0.1, 0.15) is 98.8 Å². The summed E-state index contributed by atoms with van der Waals surface area (Å²) in [6, 6.07) is 0.858. The molecule has 0 aliphatic carbocycles. The van der Waals surface area contributed by atoms with Gasteiger partial charge < -0.3 is 28.1 Å². The lowest BCUT2D eigenvalue weighted by Gasteiger charge is -2.46. The quantitative estimate of drug-likeness (QED) is 0.0932. The average Bonchev–Trinajstić information content (AvgIpc) is 2.81. The molecule has 0 aromatic carbocycles. The number of hydrogen-bond donors (Lipinski definition) is 0. The summed E-state index contributed by atoms with van der Waals surface area (Å²) in [6.07, 6.45) is 6.64. The molecule has 0 aromatic rings. The van der Waals surface area contributed by atoms with Crippen LogP contribution in [-0.4, -0.2) is 69.5 Å². The number of rotatable bonds is 18. The molecule has 1 heterocycles. The van der Waals surface area contributed by atoms with Crippen LogP contribution in [0.4, 0.5) is 0 Å². The molecule has 1 rings (SSSR count). The van der Waals surface area contributed by atoms with Crippen LogP contribution >= 0.6 is 0 Å². The number of hydrogen-bond acceptors (Lipinski definition) is 10. The molecular formula is C28H50O10Si. The Bertz CT molecular complexity index is 771. The largest absolute Gasteiger partial charge is 0.463 e. The maximum absolute atomic E-state index is 12.0. The summed E-state index contributed by atoms with van der Waals surface area (Å²) >= 11 is 0. The van der Waals surface area contributed by atoms with Gasteiger partial charge >= 0.3 is 23.9 Å². The number of esters is 4. The van der Waals surface area contributed by atoms with E-state index in [1.54, 1.807) is 0 Å². The SMILES string of the molecule is CCCCCCCCCCCC[Si](C)(C)O[C@@H]1O[C@H](COC(C)=O)[C@@H](OC(C)=O)[C@H](OC(C)=O)[C@@H]1OC(C)=O. The van der Waals surface area contributed by atoms with Crippen molar-refractivity contribution in [2.45, 2.75) is 149 Å². The van der Waals surface area contributed by atoms with Crippen LogP contribution in [0, 0.1) is 0 Å². The molecule has 5 atom stereocenters. The third-order valence-electron chi connectivity index (χ3n) is 6.52. The summed E-state index contributed by atoms with van der Waals surface area (Å²) in [5, 5.41) is 0. The third-order valence-corrected chi connectivity index (χ3v) is 8.94. The van der Waals surface area contributed by atoms with Crippen LogP contribution in [0.15, 0.2) is 0 Å². The molecule has 0 radical (unpaired) electrons. The molecule has 226 valence electrons. The van der Waals surface area contributed by atoms with Gasteiger partial charge in [-0.2, -0.15) is 0 Å². The Morgan fingerprint density at radius 1 is 0.641 bits per heavy atom. The molecule has 39 heavy (non-hydrogen) atoms. The highest BCUT2D eigenvalue weighted by Gasteiger charge is 2.53. The van der Waals surface area contributed by atoms with Gasteiger partial charge in [-0.3, -0.25) is 19.2 Å². The zero-order valence-electron chi connectivity index (χ0n) is 25.0. The van der Waals surface area contributed by atoms with E-state index in [1.807, 2.05) is 0 Å². The number of ether oxygens (including phenoxy) is 5. The van der Waals surface area contributed by atoms with E-state index in [-0.39, 0.29) is 6.61 Å². The molecule has 1 saturated heterocycles. The topological polar surface area (TPSA) is 124 Å². The monoisotopic (exact) mass is 574 g/mol. The second-order valence-electron chi connectivity index (χ2n) is 10.9. The van der Waals surface area contributed by atoms with Gasteiger partial charge in [-0.25, -0.2) is 0 Å². The highest BCUT2D eigenvalue weighted by Crippen LogP contribution is 2.32. The van der Waals surface area contributed by atoms with Gasteiger partial charge in [0.15, 0.2) is 32.9 Å². The predicted molar refractivity (Wildman–Crippen MR) is 147 cm³/mol. The van der Waals surface area contributed by atoms with Crippen LogP contribution in [0.2, 0.25) is 19.1 Å². The molecule has 0 aromatic heterocycles. The van der Waals surface area contributed by atoms with Crippen LogP contribution < -0.4 is 0 Å². The summed E-state index contributed by atoms with van der Waals surface area (Å²) < 4.78 is 34.1. The summed E-state index contributed by atoms with van der Waals surface area (Å²) in [7, 11) is -2.34. The summed E-state index contributed by atoms with van der Waals surface area (Å²) in [5.74, 6) is -2.52. The standard InChI is InChI=1S/C28H50O10Si/c1-8-9-10-11-12-13-14-15-16-17-18-39(6,7)38-28-27(36-23(5)32)26(35-22(4)31)25(34-21(3)30)24(37-28)19-33-20(2)29/h24-28H,8-19H2,1-7H3/t24-,25-,26+,27+,28+/m1/s1. The zero-order valence-corrected chi connectivity index (χ0v) is 26.0. The van der Waals surface area contributed by atoms with E-state index in [0.717, 1.165) is 18.9 Å². The fraction of sp³-hybridized carbons (Fsp3) is 0.857. The van der Waals surface area contributed by atoms with Crippen LogP contribution in [-0.2, 0) is 47.3 Å². The second kappa shape index (κ2) is 18.4. The Labute approximate surface area is 234 Å². The molecule has 10 nitrogen and oxygen atoms in total. The van der Waals surface area contributed by atoms with Crippen LogP contribution in [0.3, 0.4) is 0 Å². The van der Waals surface area contributed by atoms with Crippen LogP contribution in [0.25, 0.3) is 0 Å². The van der Waals surface area contributed by atoms with E-state index in [2.05, 4.69) is 20.0 Å². The molecule has 1 aliphatic rings. The lowest BCUT2D eigenvalue weighted by Crippen LogP contribution is -2.64. The van der Waals surface area contributed by atoms with Gasteiger partial charge in [0.25, 0.3) is 0 Å². The molecule has 0 amide bonds. The normalized spacial score (nSPS) is 23.1. The first-order chi connectivity index (χ1) is 18.4. The first kappa shape index (κ1) is 35.0. The molecular weight excluding hydrogens is 524 g/mol. The van der Waals surface area contributed by atoms with Crippen molar-refractivity contribution in [3.63, 3.8) is 0 Å². The van der Waals surface area contributed by atoms with Crippen molar-refractivity contribution in [3.8, 4) is 0 Å². The number of unbranched alkanes of at least 4 members (excludes halogenated alkanes) is 9. The first-order valence-electron chi connectivity index (χ1n) is 14.3. The second-order valence-corrected chi connectivity index (χ2v) is 15.1. The van der Waals surface area contributed by atoms with E-state index in [4.69, 9.17) is 28.1 Å². The minimum Gasteiger partial charge on any atom is -0.463 e. The fourth-order valence-electron chi connectivity index (χ4n) is 4.70. The Hall–Kier alpha value is -1.98. The molecule has 1 fully saturated rings. The van der Waals surface area contributed by atoms with Gasteiger partial charge in [-0.05, 0) is 19.1 Å². The number of carbonyl (C=O) groups excluding carboxylic acids is 4. The van der Waals surface area contributed by atoms with Crippen molar-refractivity contribution in [1.82, 2.24) is 0 Å². The molecule has 0 unspecified atom stereocenters. The Kier molecular flexibility index (Phi) is 16.5. The van der Waals surface area contributed by atoms with E-state index in [0.29, 0.717) is 0 Å². The maximum Gasteiger partial charge on any atom is 0.303 e. The Morgan fingerprint density at radius 2 is 1.10 bits per heavy atom. The van der Waals surface area contributed by atoms with Gasteiger partial charge in [-0.15, -0.1) is 0 Å². The van der Waals surface area contributed by atoms with Crippen LogP contribution in [0.5, 0.6) is 0 Å².